The number of hydrogen-bond donors (Lipinski definition) is 2. The monoisotopic (exact) mass is 274 g/mol. The summed E-state index contributed by atoms with van der Waals surface area (Å²) < 4.78 is 0. The van der Waals surface area contributed by atoms with Crippen molar-refractivity contribution in [2.75, 3.05) is 5.32 Å². The molecule has 3 rings (SSSR count). The van der Waals surface area contributed by atoms with Crippen molar-refractivity contribution >= 4 is 28.3 Å². The zero-order valence-corrected chi connectivity index (χ0v) is 11.7. The topological polar surface area (TPSA) is 79.4 Å². The quantitative estimate of drug-likeness (QED) is 0.767. The molecule has 0 spiro atoms. The van der Waals surface area contributed by atoms with E-state index >= 15 is 0 Å². The summed E-state index contributed by atoms with van der Waals surface area (Å²) in [6, 6.07) is 0.0892. The summed E-state index contributed by atoms with van der Waals surface area (Å²) in [5.41, 5.74) is 2.55. The van der Waals surface area contributed by atoms with Gasteiger partial charge in [-0.05, 0) is 20.8 Å². The van der Waals surface area contributed by atoms with E-state index in [2.05, 4.69) is 44.1 Å². The lowest BCUT2D eigenvalue weighted by Crippen LogP contribution is -2.10. The van der Waals surface area contributed by atoms with E-state index in [-0.39, 0.29) is 6.04 Å². The van der Waals surface area contributed by atoms with Crippen LogP contribution in [-0.2, 0) is 0 Å². The number of thiazole rings is 1. The fraction of sp³-hybridized carbons (Fsp3) is 0.333. The summed E-state index contributed by atoms with van der Waals surface area (Å²) in [7, 11) is 0. The molecule has 0 aliphatic rings. The van der Waals surface area contributed by atoms with Gasteiger partial charge in [-0.3, -0.25) is 0 Å². The predicted octanol–water partition coefficient (Wildman–Crippen LogP) is 2.60. The van der Waals surface area contributed by atoms with Crippen LogP contribution in [0.15, 0.2) is 12.7 Å². The van der Waals surface area contributed by atoms with Gasteiger partial charge in [0.1, 0.15) is 11.8 Å². The number of anilines is 1. The third kappa shape index (κ3) is 2.17. The van der Waals surface area contributed by atoms with Crippen LogP contribution >= 0.6 is 11.3 Å². The van der Waals surface area contributed by atoms with E-state index in [0.29, 0.717) is 5.65 Å². The number of aryl methyl sites for hydroxylation is 2. The maximum Gasteiger partial charge on any atom is 0.182 e. The van der Waals surface area contributed by atoms with Gasteiger partial charge in [-0.1, -0.05) is 0 Å². The van der Waals surface area contributed by atoms with Crippen molar-refractivity contribution in [3.05, 3.63) is 28.2 Å². The maximum atomic E-state index is 4.56. The van der Waals surface area contributed by atoms with Gasteiger partial charge in [-0.2, -0.15) is 0 Å². The molecule has 0 fully saturated rings. The summed E-state index contributed by atoms with van der Waals surface area (Å²) in [6.45, 7) is 6.18. The molecule has 7 heteroatoms. The number of imidazole rings is 1. The summed E-state index contributed by atoms with van der Waals surface area (Å²) in [6.07, 6.45) is 3.13. The van der Waals surface area contributed by atoms with Crippen molar-refractivity contribution < 1.29 is 0 Å². The second-order valence-corrected chi connectivity index (χ2v) is 5.77. The zero-order chi connectivity index (χ0) is 13.4. The highest BCUT2D eigenvalue weighted by Gasteiger charge is 2.15. The molecule has 0 amide bonds. The first-order chi connectivity index (χ1) is 9.15. The van der Waals surface area contributed by atoms with E-state index in [9.17, 15) is 0 Å². The molecule has 98 valence electrons. The van der Waals surface area contributed by atoms with Crippen molar-refractivity contribution in [3.63, 3.8) is 0 Å². The second-order valence-electron chi connectivity index (χ2n) is 4.36. The lowest BCUT2D eigenvalue weighted by molar-refractivity contribution is 0.830. The Kier molecular flexibility index (Phi) is 2.90. The number of aromatic nitrogens is 5. The predicted molar refractivity (Wildman–Crippen MR) is 75.3 cm³/mol. The molecule has 1 unspecified atom stereocenters. The summed E-state index contributed by atoms with van der Waals surface area (Å²) in [4.78, 5) is 21.3. The van der Waals surface area contributed by atoms with Crippen molar-refractivity contribution in [2.45, 2.75) is 26.8 Å². The molecule has 0 aliphatic carbocycles. The van der Waals surface area contributed by atoms with Crippen LogP contribution in [-0.4, -0.2) is 24.9 Å². The number of rotatable bonds is 3. The first-order valence-electron chi connectivity index (χ1n) is 5.99. The Morgan fingerprint density at radius 2 is 2.11 bits per heavy atom. The normalized spacial score (nSPS) is 12.8. The van der Waals surface area contributed by atoms with E-state index in [0.717, 1.165) is 22.0 Å². The molecule has 0 radical (unpaired) electrons. The molecule has 0 aromatic carbocycles. The molecule has 6 nitrogen and oxygen atoms in total. The minimum Gasteiger partial charge on any atom is -0.360 e. The van der Waals surface area contributed by atoms with Crippen LogP contribution in [0.2, 0.25) is 0 Å². The maximum absolute atomic E-state index is 4.56. The van der Waals surface area contributed by atoms with E-state index < -0.39 is 0 Å². The third-order valence-electron chi connectivity index (χ3n) is 2.93. The third-order valence-corrected chi connectivity index (χ3v) is 3.83. The molecule has 0 aliphatic heterocycles. The van der Waals surface area contributed by atoms with Gasteiger partial charge in [-0.25, -0.2) is 19.9 Å². The highest BCUT2D eigenvalue weighted by molar-refractivity contribution is 7.11. The second kappa shape index (κ2) is 4.58. The van der Waals surface area contributed by atoms with Crippen LogP contribution in [0.3, 0.4) is 0 Å². The Hall–Kier alpha value is -2.02. The van der Waals surface area contributed by atoms with E-state index in [1.807, 2.05) is 6.92 Å². The van der Waals surface area contributed by atoms with Crippen molar-refractivity contribution in [3.8, 4) is 0 Å². The minimum absolute atomic E-state index is 0.0892. The summed E-state index contributed by atoms with van der Waals surface area (Å²) in [5, 5.41) is 4.44. The van der Waals surface area contributed by atoms with Gasteiger partial charge in [0.25, 0.3) is 0 Å². The van der Waals surface area contributed by atoms with E-state index in [1.165, 1.54) is 11.2 Å². The average Bonchev–Trinajstić information content (AvgIpc) is 2.96. The Morgan fingerprint density at radius 1 is 1.26 bits per heavy atom. The molecule has 19 heavy (non-hydrogen) atoms. The van der Waals surface area contributed by atoms with E-state index in [1.54, 1.807) is 17.7 Å². The molecule has 3 heterocycles. The fourth-order valence-corrected chi connectivity index (χ4v) is 3.01. The van der Waals surface area contributed by atoms with Gasteiger partial charge in [0, 0.05) is 4.88 Å². The Labute approximate surface area is 114 Å². The molecular weight excluding hydrogens is 260 g/mol. The van der Waals surface area contributed by atoms with Crippen LogP contribution in [0.25, 0.3) is 11.2 Å². The lowest BCUT2D eigenvalue weighted by atomic mass is 10.2. The van der Waals surface area contributed by atoms with Gasteiger partial charge in [-0.15, -0.1) is 11.3 Å². The number of hydrogen-bond acceptors (Lipinski definition) is 6. The van der Waals surface area contributed by atoms with Crippen molar-refractivity contribution in [2.24, 2.45) is 0 Å². The molecule has 0 saturated carbocycles. The molecule has 1 atom stereocenters. The lowest BCUT2D eigenvalue weighted by Gasteiger charge is -2.13. The van der Waals surface area contributed by atoms with Crippen LogP contribution in [0, 0.1) is 13.8 Å². The molecule has 3 aromatic rings. The first kappa shape index (κ1) is 12.0. The number of nitrogens with one attached hydrogen (secondary N) is 2. The van der Waals surface area contributed by atoms with E-state index in [4.69, 9.17) is 0 Å². The van der Waals surface area contributed by atoms with Gasteiger partial charge in [0.2, 0.25) is 0 Å². The molecule has 0 bridgehead atoms. The molecule has 0 saturated heterocycles. The van der Waals surface area contributed by atoms with Crippen LogP contribution < -0.4 is 5.32 Å². The average molecular weight is 274 g/mol. The first-order valence-corrected chi connectivity index (χ1v) is 6.81. The molecule has 2 N–H and O–H groups in total. The molecule has 3 aromatic heterocycles. The number of H-pyrrole nitrogens is 1. The number of fused-ring (bicyclic) bond motifs is 1. The van der Waals surface area contributed by atoms with Crippen LogP contribution in [0.5, 0.6) is 0 Å². The Morgan fingerprint density at radius 3 is 2.84 bits per heavy atom. The van der Waals surface area contributed by atoms with Gasteiger partial charge < -0.3 is 10.3 Å². The Balaban J connectivity index is 1.92. The van der Waals surface area contributed by atoms with Crippen molar-refractivity contribution in [1.29, 1.82) is 0 Å². The van der Waals surface area contributed by atoms with Crippen LogP contribution in [0.4, 0.5) is 5.82 Å². The Bertz CT molecular complexity index is 716. The molecular formula is C12H14N6S. The zero-order valence-electron chi connectivity index (χ0n) is 10.9. The standard InChI is InChI=1S/C12H14N6S/c1-6(9-7(2)19-8(3)18-9)17-12-10-11(14-4-13-10)15-5-16-12/h4-6H,1-3H3,(H2,13,14,15,16,17). The summed E-state index contributed by atoms with van der Waals surface area (Å²) >= 11 is 1.71. The van der Waals surface area contributed by atoms with Gasteiger partial charge >= 0.3 is 0 Å². The highest BCUT2D eigenvalue weighted by atomic mass is 32.1. The van der Waals surface area contributed by atoms with Crippen LogP contribution in [0.1, 0.15) is 28.5 Å². The smallest absolute Gasteiger partial charge is 0.182 e. The van der Waals surface area contributed by atoms with Gasteiger partial charge in [0.15, 0.2) is 11.5 Å². The summed E-state index contributed by atoms with van der Waals surface area (Å²) in [5.74, 6) is 0.750. The largest absolute Gasteiger partial charge is 0.360 e. The number of nitrogens with zero attached hydrogens (tertiary/aromatic N) is 4. The minimum atomic E-state index is 0.0892. The fourth-order valence-electron chi connectivity index (χ4n) is 2.09. The highest BCUT2D eigenvalue weighted by Crippen LogP contribution is 2.26. The number of aromatic amines is 1. The SMILES string of the molecule is Cc1nc(C(C)Nc2ncnc3nc[nH]c23)c(C)s1. The van der Waals surface area contributed by atoms with Gasteiger partial charge in [0.05, 0.1) is 23.1 Å². The van der Waals surface area contributed by atoms with Crippen molar-refractivity contribution in [1.82, 2.24) is 24.9 Å².